The van der Waals surface area contributed by atoms with Crippen molar-refractivity contribution in [2.24, 2.45) is 0 Å². The predicted octanol–water partition coefficient (Wildman–Crippen LogP) is 1.97. The third-order valence-electron chi connectivity index (χ3n) is 1.44. The molecule has 0 bridgehead atoms. The van der Waals surface area contributed by atoms with Crippen molar-refractivity contribution in [1.82, 2.24) is 4.90 Å². The third kappa shape index (κ3) is 8.59. The smallest absolute Gasteiger partial charge is 0.0912 e. The average Bonchev–Trinajstić information content (AvgIpc) is 2.13. The van der Waals surface area contributed by atoms with Crippen molar-refractivity contribution in [3.8, 4) is 17.9 Å². The fourth-order valence-electron chi connectivity index (χ4n) is 0.730. The summed E-state index contributed by atoms with van der Waals surface area (Å²) in [4.78, 5) is 2.03. The lowest BCUT2D eigenvalue weighted by molar-refractivity contribution is 0.463. The Morgan fingerprint density at radius 1 is 1.36 bits per heavy atom. The van der Waals surface area contributed by atoms with Gasteiger partial charge in [0.1, 0.15) is 0 Å². The van der Waals surface area contributed by atoms with Gasteiger partial charge in [-0.1, -0.05) is 29.6 Å². The van der Waals surface area contributed by atoms with Gasteiger partial charge in [0.05, 0.1) is 12.6 Å². The van der Waals surface area contributed by atoms with Crippen molar-refractivity contribution in [2.45, 2.75) is 13.3 Å². The minimum Gasteiger partial charge on any atom is -0.299 e. The van der Waals surface area contributed by atoms with Gasteiger partial charge in [-0.05, 0) is 21.0 Å². The van der Waals surface area contributed by atoms with Gasteiger partial charge in [0, 0.05) is 12.5 Å². The van der Waals surface area contributed by atoms with Crippen molar-refractivity contribution in [3.05, 3.63) is 23.8 Å². The summed E-state index contributed by atoms with van der Waals surface area (Å²) in [6.07, 6.45) is 5.87. The number of rotatable bonds is 3. The minimum atomic E-state index is 0.767. The zero-order valence-electron chi connectivity index (χ0n) is 9.04. The van der Waals surface area contributed by atoms with Gasteiger partial charge in [-0.3, -0.25) is 4.90 Å². The number of nitriles is 1. The Bertz CT molecular complexity index is 305. The quantitative estimate of drug-likeness (QED) is 0.384. The fraction of sp³-hybridized carbons (Fsp3) is 0.417. The van der Waals surface area contributed by atoms with Gasteiger partial charge in [-0.25, -0.2) is 0 Å². The van der Waals surface area contributed by atoms with Gasteiger partial charge in [0.2, 0.25) is 0 Å². The molecule has 0 fully saturated rings. The Kier molecular flexibility index (Phi) is 7.23. The highest BCUT2D eigenvalue weighted by molar-refractivity contribution is 5.20. The van der Waals surface area contributed by atoms with E-state index in [-0.39, 0.29) is 0 Å². The van der Waals surface area contributed by atoms with Gasteiger partial charge in [0.25, 0.3) is 0 Å². The Labute approximate surface area is 86.5 Å². The summed E-state index contributed by atoms with van der Waals surface area (Å²) in [5, 5.41) is 8.25. The first-order valence-electron chi connectivity index (χ1n) is 4.49. The standard InChI is InChI=1S/C12H16N2/c1-12(8-4-6-10-13)9-5-7-11-14(2)3/h4,6,8H,9,11H2,1-3H3. The van der Waals surface area contributed by atoms with Crippen molar-refractivity contribution in [3.63, 3.8) is 0 Å². The zero-order valence-corrected chi connectivity index (χ0v) is 9.04. The van der Waals surface area contributed by atoms with E-state index in [0.29, 0.717) is 0 Å². The maximum atomic E-state index is 8.25. The van der Waals surface area contributed by atoms with E-state index in [0.717, 1.165) is 13.0 Å². The molecule has 0 saturated carbocycles. The molecule has 14 heavy (non-hydrogen) atoms. The molecule has 0 aromatic carbocycles. The highest BCUT2D eigenvalue weighted by Crippen LogP contribution is 1.97. The first kappa shape index (κ1) is 12.5. The first-order valence-corrected chi connectivity index (χ1v) is 4.49. The van der Waals surface area contributed by atoms with Gasteiger partial charge in [-0.15, -0.1) is 0 Å². The molecule has 0 radical (unpaired) electrons. The lowest BCUT2D eigenvalue weighted by Crippen LogP contribution is -2.10. The van der Waals surface area contributed by atoms with Crippen molar-refractivity contribution < 1.29 is 0 Å². The summed E-state index contributed by atoms with van der Waals surface area (Å²) in [7, 11) is 3.99. The Hall–Kier alpha value is -1.51. The molecule has 0 aromatic rings. The molecular weight excluding hydrogens is 172 g/mol. The van der Waals surface area contributed by atoms with Gasteiger partial charge < -0.3 is 0 Å². The summed E-state index contributed by atoms with van der Waals surface area (Å²) in [5.41, 5.74) is 1.17. The molecule has 0 aliphatic carbocycles. The lowest BCUT2D eigenvalue weighted by Gasteiger charge is -2.00. The predicted molar refractivity (Wildman–Crippen MR) is 59.5 cm³/mol. The monoisotopic (exact) mass is 188 g/mol. The van der Waals surface area contributed by atoms with Crippen molar-refractivity contribution >= 4 is 0 Å². The number of allylic oxidation sites excluding steroid dienone is 4. The van der Waals surface area contributed by atoms with E-state index in [2.05, 4.69) is 11.8 Å². The molecule has 0 unspecified atom stereocenters. The molecule has 0 aliphatic rings. The third-order valence-corrected chi connectivity index (χ3v) is 1.44. The van der Waals surface area contributed by atoms with E-state index in [1.807, 2.05) is 38.1 Å². The van der Waals surface area contributed by atoms with Gasteiger partial charge in [0.15, 0.2) is 0 Å². The van der Waals surface area contributed by atoms with E-state index in [1.165, 1.54) is 11.6 Å². The summed E-state index contributed by atoms with van der Waals surface area (Å²) in [5.74, 6) is 6.12. The minimum absolute atomic E-state index is 0.767. The second-order valence-electron chi connectivity index (χ2n) is 3.27. The van der Waals surface area contributed by atoms with Crippen LogP contribution >= 0.6 is 0 Å². The molecule has 0 N–H and O–H groups in total. The Morgan fingerprint density at radius 3 is 2.64 bits per heavy atom. The van der Waals surface area contributed by atoms with Crippen LogP contribution in [0.3, 0.4) is 0 Å². The fourth-order valence-corrected chi connectivity index (χ4v) is 0.730. The summed E-state index contributed by atoms with van der Waals surface area (Å²) < 4.78 is 0. The van der Waals surface area contributed by atoms with Crippen LogP contribution in [0.5, 0.6) is 0 Å². The van der Waals surface area contributed by atoms with Crippen molar-refractivity contribution in [2.75, 3.05) is 20.6 Å². The zero-order chi connectivity index (χ0) is 10.8. The molecule has 0 atom stereocenters. The normalized spacial score (nSPS) is 11.2. The summed E-state index contributed by atoms with van der Waals surface area (Å²) >= 11 is 0. The van der Waals surface area contributed by atoms with Crippen LogP contribution in [0.25, 0.3) is 0 Å². The molecule has 2 heteroatoms. The molecule has 0 rings (SSSR count). The SMILES string of the molecule is CC(=CC=CC#N)CC#CCN(C)C. The molecule has 0 aliphatic heterocycles. The lowest BCUT2D eigenvalue weighted by atomic mass is 10.2. The van der Waals surface area contributed by atoms with Crippen LogP contribution in [0, 0.1) is 23.2 Å². The maximum absolute atomic E-state index is 8.25. The van der Waals surface area contributed by atoms with E-state index in [9.17, 15) is 0 Å². The molecule has 0 heterocycles. The number of hydrogen-bond acceptors (Lipinski definition) is 2. The second-order valence-corrected chi connectivity index (χ2v) is 3.27. The van der Waals surface area contributed by atoms with Crippen LogP contribution in [0.1, 0.15) is 13.3 Å². The Balaban J connectivity index is 3.88. The largest absolute Gasteiger partial charge is 0.299 e. The molecule has 0 saturated heterocycles. The summed E-state index contributed by atoms with van der Waals surface area (Å²) in [6.45, 7) is 2.80. The van der Waals surface area contributed by atoms with E-state index in [4.69, 9.17) is 5.26 Å². The highest BCUT2D eigenvalue weighted by Gasteiger charge is 1.83. The average molecular weight is 188 g/mol. The van der Waals surface area contributed by atoms with E-state index >= 15 is 0 Å². The van der Waals surface area contributed by atoms with Gasteiger partial charge >= 0.3 is 0 Å². The van der Waals surface area contributed by atoms with Crippen LogP contribution in [-0.2, 0) is 0 Å². The number of hydrogen-bond donors (Lipinski definition) is 0. The van der Waals surface area contributed by atoms with Crippen LogP contribution in [0.15, 0.2) is 23.8 Å². The van der Waals surface area contributed by atoms with E-state index < -0.39 is 0 Å². The molecular formula is C12H16N2. The molecule has 2 nitrogen and oxygen atoms in total. The highest BCUT2D eigenvalue weighted by atomic mass is 15.0. The van der Waals surface area contributed by atoms with Crippen LogP contribution in [0.4, 0.5) is 0 Å². The number of nitrogens with zero attached hydrogens (tertiary/aromatic N) is 2. The van der Waals surface area contributed by atoms with Crippen molar-refractivity contribution in [1.29, 1.82) is 5.26 Å². The van der Waals surface area contributed by atoms with E-state index in [1.54, 1.807) is 6.08 Å². The maximum Gasteiger partial charge on any atom is 0.0912 e. The van der Waals surface area contributed by atoms with Crippen LogP contribution in [0.2, 0.25) is 0 Å². The summed E-state index contributed by atoms with van der Waals surface area (Å²) in [6, 6.07) is 1.94. The molecule has 0 aromatic heterocycles. The first-order chi connectivity index (χ1) is 6.66. The van der Waals surface area contributed by atoms with Crippen LogP contribution in [-0.4, -0.2) is 25.5 Å². The van der Waals surface area contributed by atoms with Gasteiger partial charge in [-0.2, -0.15) is 5.26 Å². The molecule has 74 valence electrons. The molecule has 0 amide bonds. The Morgan fingerprint density at radius 2 is 2.07 bits per heavy atom. The van der Waals surface area contributed by atoms with Crippen LogP contribution < -0.4 is 0 Å². The molecule has 0 spiro atoms. The second kappa shape index (κ2) is 8.10. The topological polar surface area (TPSA) is 27.0 Å².